The van der Waals surface area contributed by atoms with E-state index in [-0.39, 0.29) is 0 Å². The molecule has 1 aliphatic rings. The van der Waals surface area contributed by atoms with Crippen molar-refractivity contribution in [3.8, 4) is 0 Å². The van der Waals surface area contributed by atoms with Crippen molar-refractivity contribution in [1.29, 1.82) is 0 Å². The Morgan fingerprint density at radius 3 is 2.43 bits per heavy atom. The van der Waals surface area contributed by atoms with Crippen LogP contribution in [0.4, 0.5) is 0 Å². The van der Waals surface area contributed by atoms with Crippen LogP contribution in [0.5, 0.6) is 0 Å². The molecular weight excluding hydrogens is 172 g/mol. The van der Waals surface area contributed by atoms with E-state index in [1.807, 2.05) is 0 Å². The highest BCUT2D eigenvalue weighted by Gasteiger charge is 2.29. The van der Waals surface area contributed by atoms with E-state index in [0.29, 0.717) is 12.0 Å². The fraction of sp³-hybridized carbons (Fsp3) is 1.00. The normalized spacial score (nSPS) is 21.2. The quantitative estimate of drug-likeness (QED) is 0.680. The zero-order chi connectivity index (χ0) is 10.6. The van der Waals surface area contributed by atoms with Gasteiger partial charge in [0.1, 0.15) is 0 Å². The van der Waals surface area contributed by atoms with E-state index in [1.165, 1.54) is 32.2 Å². The van der Waals surface area contributed by atoms with E-state index < -0.39 is 0 Å². The molecule has 0 aliphatic heterocycles. The minimum absolute atomic E-state index is 0.368. The second kappa shape index (κ2) is 5.72. The summed E-state index contributed by atoms with van der Waals surface area (Å²) in [4.78, 5) is 2.59. The van der Waals surface area contributed by atoms with Crippen LogP contribution in [-0.2, 0) is 0 Å². The van der Waals surface area contributed by atoms with Gasteiger partial charge in [-0.1, -0.05) is 27.2 Å². The second-order valence-electron chi connectivity index (χ2n) is 4.78. The molecule has 84 valence electrons. The van der Waals surface area contributed by atoms with E-state index in [4.69, 9.17) is 5.73 Å². The van der Waals surface area contributed by atoms with Crippen LogP contribution in [-0.4, -0.2) is 30.1 Å². The van der Waals surface area contributed by atoms with Gasteiger partial charge in [0, 0.05) is 18.6 Å². The summed E-state index contributed by atoms with van der Waals surface area (Å²) < 4.78 is 0. The summed E-state index contributed by atoms with van der Waals surface area (Å²) in [6.07, 6.45) is 5.25. The molecule has 0 bridgehead atoms. The van der Waals surface area contributed by atoms with Crippen molar-refractivity contribution >= 4 is 0 Å². The van der Waals surface area contributed by atoms with Gasteiger partial charge in [0.2, 0.25) is 0 Å². The van der Waals surface area contributed by atoms with Gasteiger partial charge in [-0.2, -0.15) is 0 Å². The number of hydrogen-bond acceptors (Lipinski definition) is 2. The first-order valence-corrected chi connectivity index (χ1v) is 6.18. The molecule has 0 aromatic rings. The van der Waals surface area contributed by atoms with Crippen LogP contribution in [0, 0.1) is 5.92 Å². The Labute approximate surface area is 88.8 Å². The van der Waals surface area contributed by atoms with Crippen molar-refractivity contribution in [2.24, 2.45) is 11.7 Å². The molecule has 2 atom stereocenters. The molecule has 14 heavy (non-hydrogen) atoms. The first-order chi connectivity index (χ1) is 6.69. The lowest BCUT2D eigenvalue weighted by molar-refractivity contribution is 0.223. The van der Waals surface area contributed by atoms with Gasteiger partial charge in [0.25, 0.3) is 0 Å². The van der Waals surface area contributed by atoms with E-state index in [0.717, 1.165) is 12.6 Å². The summed E-state index contributed by atoms with van der Waals surface area (Å²) in [5.74, 6) is 0.660. The maximum absolute atomic E-state index is 6.18. The van der Waals surface area contributed by atoms with E-state index >= 15 is 0 Å². The summed E-state index contributed by atoms with van der Waals surface area (Å²) in [5.41, 5.74) is 6.18. The van der Waals surface area contributed by atoms with Crippen LogP contribution < -0.4 is 5.73 Å². The number of nitrogens with zero attached hydrogens (tertiary/aromatic N) is 1. The molecule has 0 amide bonds. The monoisotopic (exact) mass is 198 g/mol. The highest BCUT2D eigenvalue weighted by Crippen LogP contribution is 2.27. The topological polar surface area (TPSA) is 29.3 Å². The molecule has 0 spiro atoms. The lowest BCUT2D eigenvalue weighted by Gasteiger charge is -2.27. The van der Waals surface area contributed by atoms with E-state index in [9.17, 15) is 0 Å². The largest absolute Gasteiger partial charge is 0.326 e. The van der Waals surface area contributed by atoms with Gasteiger partial charge in [-0.25, -0.2) is 0 Å². The summed E-state index contributed by atoms with van der Waals surface area (Å²) in [6.45, 7) is 9.08. The minimum atomic E-state index is 0.368. The highest BCUT2D eigenvalue weighted by atomic mass is 15.2. The maximum atomic E-state index is 6.18. The van der Waals surface area contributed by atoms with Crippen LogP contribution in [0.1, 0.15) is 46.5 Å². The molecule has 0 saturated heterocycles. The molecule has 1 aliphatic carbocycles. The average molecular weight is 198 g/mol. The third-order valence-electron chi connectivity index (χ3n) is 3.39. The van der Waals surface area contributed by atoms with E-state index in [1.54, 1.807) is 0 Å². The number of hydrogen-bond donors (Lipinski definition) is 1. The summed E-state index contributed by atoms with van der Waals surface area (Å²) in [5, 5.41) is 0. The first-order valence-electron chi connectivity index (χ1n) is 6.18. The van der Waals surface area contributed by atoms with Crippen molar-refractivity contribution in [3.63, 3.8) is 0 Å². The van der Waals surface area contributed by atoms with Crippen molar-refractivity contribution in [2.75, 3.05) is 13.1 Å². The first kappa shape index (κ1) is 12.0. The Kier molecular flexibility index (Phi) is 4.90. The van der Waals surface area contributed by atoms with Crippen molar-refractivity contribution < 1.29 is 0 Å². The van der Waals surface area contributed by atoms with E-state index in [2.05, 4.69) is 25.7 Å². The van der Waals surface area contributed by atoms with Crippen LogP contribution in [0.25, 0.3) is 0 Å². The summed E-state index contributed by atoms with van der Waals surface area (Å²) in [6, 6.07) is 1.23. The lowest BCUT2D eigenvalue weighted by Crippen LogP contribution is -2.42. The highest BCUT2D eigenvalue weighted by molar-refractivity contribution is 4.86. The smallest absolute Gasteiger partial charge is 0.0193 e. The second-order valence-corrected chi connectivity index (χ2v) is 4.78. The predicted molar refractivity (Wildman–Crippen MR) is 62.3 cm³/mol. The Hall–Kier alpha value is -0.0800. The Bertz CT molecular complexity index is 154. The third kappa shape index (κ3) is 3.58. The maximum Gasteiger partial charge on any atom is 0.0193 e. The van der Waals surface area contributed by atoms with Gasteiger partial charge in [-0.3, -0.25) is 4.90 Å². The van der Waals surface area contributed by atoms with Gasteiger partial charge in [-0.05, 0) is 31.7 Å². The third-order valence-corrected chi connectivity index (χ3v) is 3.39. The van der Waals surface area contributed by atoms with Crippen molar-refractivity contribution in [1.82, 2.24) is 4.90 Å². The lowest BCUT2D eigenvalue weighted by atomic mass is 9.99. The molecule has 1 saturated carbocycles. The van der Waals surface area contributed by atoms with Crippen LogP contribution in [0.3, 0.4) is 0 Å². The molecule has 0 heterocycles. The minimum Gasteiger partial charge on any atom is -0.326 e. The molecule has 1 fully saturated rings. The fourth-order valence-corrected chi connectivity index (χ4v) is 1.90. The summed E-state index contributed by atoms with van der Waals surface area (Å²) >= 11 is 0. The molecule has 2 heteroatoms. The SMILES string of the molecule is CCCN(CC(N)C(C)CC)C1CC1. The standard InChI is InChI=1S/C12H26N2/c1-4-8-14(11-6-7-11)9-12(13)10(3)5-2/h10-12H,4-9,13H2,1-3H3. The van der Waals surface area contributed by atoms with Crippen LogP contribution in [0.2, 0.25) is 0 Å². The number of nitrogens with two attached hydrogens (primary N) is 1. The molecule has 2 unspecified atom stereocenters. The zero-order valence-electron chi connectivity index (χ0n) is 10.00. The average Bonchev–Trinajstić information content (AvgIpc) is 2.99. The van der Waals surface area contributed by atoms with Crippen molar-refractivity contribution in [2.45, 2.75) is 58.5 Å². The molecule has 1 rings (SSSR count). The molecule has 0 aromatic heterocycles. The Morgan fingerprint density at radius 2 is 2.00 bits per heavy atom. The van der Waals surface area contributed by atoms with Gasteiger partial charge in [-0.15, -0.1) is 0 Å². The predicted octanol–water partition coefficient (Wildman–Crippen LogP) is 2.23. The van der Waals surface area contributed by atoms with Gasteiger partial charge in [0.05, 0.1) is 0 Å². The van der Waals surface area contributed by atoms with Crippen molar-refractivity contribution in [3.05, 3.63) is 0 Å². The van der Waals surface area contributed by atoms with Gasteiger partial charge >= 0.3 is 0 Å². The van der Waals surface area contributed by atoms with Crippen LogP contribution in [0.15, 0.2) is 0 Å². The molecule has 2 N–H and O–H groups in total. The molecule has 2 nitrogen and oxygen atoms in total. The molecule has 0 radical (unpaired) electrons. The van der Waals surface area contributed by atoms with Gasteiger partial charge < -0.3 is 5.73 Å². The van der Waals surface area contributed by atoms with Gasteiger partial charge in [0.15, 0.2) is 0 Å². The Balaban J connectivity index is 2.30. The number of rotatable bonds is 7. The molecule has 0 aromatic carbocycles. The molecular formula is C12H26N2. The Morgan fingerprint density at radius 1 is 1.36 bits per heavy atom. The van der Waals surface area contributed by atoms with Crippen LogP contribution >= 0.6 is 0 Å². The zero-order valence-corrected chi connectivity index (χ0v) is 10.00. The fourth-order valence-electron chi connectivity index (χ4n) is 1.90. The summed E-state index contributed by atoms with van der Waals surface area (Å²) in [7, 11) is 0.